The van der Waals surface area contributed by atoms with Gasteiger partial charge in [-0.05, 0) is 43.9 Å². The van der Waals surface area contributed by atoms with Crippen molar-refractivity contribution in [1.29, 1.82) is 0 Å². The van der Waals surface area contributed by atoms with Crippen LogP contribution in [-0.4, -0.2) is 35.9 Å². The van der Waals surface area contributed by atoms with Crippen LogP contribution in [0.5, 0.6) is 0 Å². The van der Waals surface area contributed by atoms with E-state index in [0.717, 1.165) is 32.3 Å². The van der Waals surface area contributed by atoms with Gasteiger partial charge in [-0.2, -0.15) is 0 Å². The van der Waals surface area contributed by atoms with E-state index in [4.69, 9.17) is 4.74 Å². The van der Waals surface area contributed by atoms with Crippen molar-refractivity contribution in [3.05, 3.63) is 0 Å². The third kappa shape index (κ3) is 6.23. The molecule has 1 fully saturated rings. The molecule has 1 atom stereocenters. The van der Waals surface area contributed by atoms with E-state index in [1.54, 1.807) is 0 Å². The second-order valence-electron chi connectivity index (χ2n) is 7.19. The first-order valence-electron chi connectivity index (χ1n) is 7.88. The molecule has 1 aliphatic carbocycles. The summed E-state index contributed by atoms with van der Waals surface area (Å²) in [6.07, 6.45) is 5.31. The van der Waals surface area contributed by atoms with E-state index in [1.165, 1.54) is 0 Å². The van der Waals surface area contributed by atoms with Crippen molar-refractivity contribution in [3.8, 4) is 0 Å². The summed E-state index contributed by atoms with van der Waals surface area (Å²) < 4.78 is 5.63. The highest BCUT2D eigenvalue weighted by molar-refractivity contribution is 5.78. The summed E-state index contributed by atoms with van der Waals surface area (Å²) in [6.45, 7) is 9.94. The second-order valence-corrected chi connectivity index (χ2v) is 7.19. The number of ether oxygens (including phenoxy) is 1. The minimum absolute atomic E-state index is 0.293. The molecule has 2 N–H and O–H groups in total. The minimum atomic E-state index is -0.755. The van der Waals surface area contributed by atoms with E-state index in [0.29, 0.717) is 30.9 Å². The Morgan fingerprint density at radius 3 is 2.35 bits per heavy atom. The van der Waals surface area contributed by atoms with E-state index in [2.05, 4.69) is 26.1 Å². The van der Waals surface area contributed by atoms with E-state index < -0.39 is 11.5 Å². The molecule has 0 radical (unpaired) electrons. The highest BCUT2D eigenvalue weighted by atomic mass is 16.5. The fourth-order valence-electron chi connectivity index (χ4n) is 2.25. The quantitative estimate of drug-likeness (QED) is 0.605. The molecule has 1 aliphatic rings. The number of aliphatic carboxylic acids is 1. The predicted molar refractivity (Wildman–Crippen MR) is 80.9 cm³/mol. The first-order chi connectivity index (χ1) is 9.29. The maximum atomic E-state index is 11.6. The Balaban J connectivity index is 2.26. The van der Waals surface area contributed by atoms with Gasteiger partial charge in [-0.15, -0.1) is 0 Å². The van der Waals surface area contributed by atoms with Crippen molar-refractivity contribution in [2.45, 2.75) is 77.8 Å². The van der Waals surface area contributed by atoms with Crippen LogP contribution in [0.2, 0.25) is 0 Å². The number of hydrogen-bond acceptors (Lipinski definition) is 3. The molecule has 0 aliphatic heterocycles. The molecule has 0 saturated heterocycles. The molecule has 1 rings (SSSR count). The summed E-state index contributed by atoms with van der Waals surface area (Å²) in [7, 11) is 0. The molecule has 4 heteroatoms. The Kier molecular flexibility index (Phi) is 6.46. The molecule has 0 spiro atoms. The maximum absolute atomic E-state index is 11.6. The Hall–Kier alpha value is -0.610. The van der Waals surface area contributed by atoms with Crippen LogP contribution in [0.25, 0.3) is 0 Å². The SMILES string of the molecule is CCC(CCCOCCC(C)(C)C)(NC1CC1)C(=O)O. The van der Waals surface area contributed by atoms with Crippen molar-refractivity contribution in [3.63, 3.8) is 0 Å². The number of nitrogens with one attached hydrogen (secondary N) is 1. The highest BCUT2D eigenvalue weighted by Crippen LogP contribution is 2.27. The van der Waals surface area contributed by atoms with Crippen molar-refractivity contribution in [2.75, 3.05) is 13.2 Å². The van der Waals surface area contributed by atoms with Gasteiger partial charge in [-0.1, -0.05) is 27.7 Å². The molecule has 1 unspecified atom stereocenters. The van der Waals surface area contributed by atoms with Crippen LogP contribution >= 0.6 is 0 Å². The van der Waals surface area contributed by atoms with Gasteiger partial charge in [0.2, 0.25) is 0 Å². The summed E-state index contributed by atoms with van der Waals surface area (Å²) in [6, 6.07) is 0.410. The first kappa shape index (κ1) is 17.4. The van der Waals surface area contributed by atoms with E-state index in [-0.39, 0.29) is 0 Å². The van der Waals surface area contributed by atoms with Gasteiger partial charge in [-0.25, -0.2) is 0 Å². The van der Waals surface area contributed by atoms with Crippen LogP contribution in [0.4, 0.5) is 0 Å². The number of carbonyl (C=O) groups is 1. The molecular weight excluding hydrogens is 254 g/mol. The molecule has 0 bridgehead atoms. The largest absolute Gasteiger partial charge is 0.480 e. The third-order valence-corrected chi connectivity index (χ3v) is 3.96. The second kappa shape index (κ2) is 7.41. The average Bonchev–Trinajstić information content (AvgIpc) is 3.14. The van der Waals surface area contributed by atoms with Gasteiger partial charge in [0.1, 0.15) is 5.54 Å². The van der Waals surface area contributed by atoms with Crippen LogP contribution in [0, 0.1) is 5.41 Å². The molecule has 0 aromatic rings. The minimum Gasteiger partial charge on any atom is -0.480 e. The number of rotatable bonds is 10. The molecule has 1 saturated carbocycles. The van der Waals surface area contributed by atoms with Crippen LogP contribution in [0.3, 0.4) is 0 Å². The van der Waals surface area contributed by atoms with Crippen LogP contribution in [0.15, 0.2) is 0 Å². The van der Waals surface area contributed by atoms with Crippen LogP contribution < -0.4 is 5.32 Å². The molecule has 118 valence electrons. The van der Waals surface area contributed by atoms with E-state index in [1.807, 2.05) is 6.92 Å². The predicted octanol–water partition coefficient (Wildman–Crippen LogP) is 3.20. The summed E-state index contributed by atoms with van der Waals surface area (Å²) in [5.41, 5.74) is -0.462. The third-order valence-electron chi connectivity index (χ3n) is 3.96. The first-order valence-corrected chi connectivity index (χ1v) is 7.88. The fraction of sp³-hybridized carbons (Fsp3) is 0.938. The number of carboxylic acids is 1. The lowest BCUT2D eigenvalue weighted by Gasteiger charge is -2.29. The van der Waals surface area contributed by atoms with Crippen LogP contribution in [-0.2, 0) is 9.53 Å². The summed E-state index contributed by atoms with van der Waals surface area (Å²) in [4.78, 5) is 11.6. The lowest BCUT2D eigenvalue weighted by atomic mass is 9.90. The zero-order chi connectivity index (χ0) is 15.2. The van der Waals surface area contributed by atoms with E-state index >= 15 is 0 Å². The Labute approximate surface area is 123 Å². The fourth-order valence-corrected chi connectivity index (χ4v) is 2.25. The summed E-state index contributed by atoms with van der Waals surface area (Å²) in [5.74, 6) is -0.721. The van der Waals surface area contributed by atoms with E-state index in [9.17, 15) is 9.90 Å². The Morgan fingerprint density at radius 1 is 1.25 bits per heavy atom. The van der Waals surface area contributed by atoms with Gasteiger partial charge in [0.15, 0.2) is 0 Å². The molecule has 20 heavy (non-hydrogen) atoms. The van der Waals surface area contributed by atoms with Gasteiger partial charge in [0, 0.05) is 19.3 Å². The Bertz CT molecular complexity index is 307. The zero-order valence-electron chi connectivity index (χ0n) is 13.5. The zero-order valence-corrected chi connectivity index (χ0v) is 13.5. The van der Waals surface area contributed by atoms with Gasteiger partial charge < -0.3 is 9.84 Å². The standard InChI is InChI=1S/C16H31NO3/c1-5-16(14(18)19,17-13-7-8-13)9-6-11-20-12-10-15(2,3)4/h13,17H,5-12H2,1-4H3,(H,18,19). The lowest BCUT2D eigenvalue weighted by molar-refractivity contribution is -0.145. The van der Waals surface area contributed by atoms with Gasteiger partial charge in [0.25, 0.3) is 0 Å². The van der Waals surface area contributed by atoms with Crippen molar-refractivity contribution in [2.24, 2.45) is 5.41 Å². The Morgan fingerprint density at radius 2 is 1.90 bits per heavy atom. The van der Waals surface area contributed by atoms with Crippen molar-refractivity contribution in [1.82, 2.24) is 5.32 Å². The van der Waals surface area contributed by atoms with Gasteiger partial charge >= 0.3 is 5.97 Å². The molecule has 4 nitrogen and oxygen atoms in total. The lowest BCUT2D eigenvalue weighted by Crippen LogP contribution is -2.52. The smallest absolute Gasteiger partial charge is 0.323 e. The molecular formula is C16H31NO3. The maximum Gasteiger partial charge on any atom is 0.323 e. The monoisotopic (exact) mass is 285 g/mol. The summed E-state index contributed by atoms with van der Waals surface area (Å²) in [5, 5.41) is 12.8. The molecule has 0 amide bonds. The molecule has 0 heterocycles. The number of hydrogen-bond donors (Lipinski definition) is 2. The van der Waals surface area contributed by atoms with Crippen LogP contribution in [0.1, 0.15) is 66.2 Å². The highest BCUT2D eigenvalue weighted by Gasteiger charge is 2.40. The van der Waals surface area contributed by atoms with Gasteiger partial charge in [0.05, 0.1) is 0 Å². The normalized spacial score (nSPS) is 18.8. The molecule has 0 aromatic heterocycles. The topological polar surface area (TPSA) is 58.6 Å². The average molecular weight is 285 g/mol. The van der Waals surface area contributed by atoms with Gasteiger partial charge in [-0.3, -0.25) is 10.1 Å². The van der Waals surface area contributed by atoms with Crippen molar-refractivity contribution >= 4 is 5.97 Å². The molecule has 0 aromatic carbocycles. The van der Waals surface area contributed by atoms with Crippen molar-refractivity contribution < 1.29 is 14.6 Å². The summed E-state index contributed by atoms with van der Waals surface area (Å²) >= 11 is 0. The number of carboxylic acid groups (broad SMARTS) is 1.